The maximum absolute atomic E-state index is 4.47. The zero-order valence-corrected chi connectivity index (χ0v) is 10.7. The number of allylic oxidation sites excluding steroid dienone is 2. The molecule has 2 heterocycles. The lowest BCUT2D eigenvalue weighted by atomic mass is 10.0. The van der Waals surface area contributed by atoms with E-state index in [1.807, 2.05) is 24.3 Å². The first-order valence-corrected chi connectivity index (χ1v) is 6.10. The van der Waals surface area contributed by atoms with Crippen LogP contribution in [0, 0.1) is 6.92 Å². The summed E-state index contributed by atoms with van der Waals surface area (Å²) in [6, 6.07) is 3.96. The zero-order chi connectivity index (χ0) is 13.2. The number of nitrogens with zero attached hydrogens (tertiary/aromatic N) is 3. The molecule has 92 valence electrons. The lowest BCUT2D eigenvalue weighted by Crippen LogP contribution is -1.94. The van der Waals surface area contributed by atoms with E-state index >= 15 is 0 Å². The summed E-state index contributed by atoms with van der Waals surface area (Å²) >= 11 is 0. The van der Waals surface area contributed by atoms with E-state index in [9.17, 15) is 0 Å². The average Bonchev–Trinajstić information content (AvgIpc) is 2.47. The molecule has 0 aliphatic rings. The first-order valence-electron chi connectivity index (χ1n) is 6.10. The van der Waals surface area contributed by atoms with Crippen LogP contribution in [0.4, 0.5) is 0 Å². The predicted molar refractivity (Wildman–Crippen MR) is 78.8 cm³/mol. The Kier molecular flexibility index (Phi) is 2.80. The molecule has 3 heteroatoms. The van der Waals surface area contributed by atoms with E-state index in [4.69, 9.17) is 0 Å². The molecule has 0 atom stereocenters. The third-order valence-electron chi connectivity index (χ3n) is 3.17. The van der Waals surface area contributed by atoms with Crippen molar-refractivity contribution in [1.29, 1.82) is 0 Å². The summed E-state index contributed by atoms with van der Waals surface area (Å²) in [4.78, 5) is 13.4. The summed E-state index contributed by atoms with van der Waals surface area (Å²) in [7, 11) is 0. The van der Waals surface area contributed by atoms with Gasteiger partial charge in [0.25, 0.3) is 0 Å². The molecule has 0 saturated heterocycles. The molecule has 0 fully saturated rings. The molecule has 3 aromatic rings. The van der Waals surface area contributed by atoms with Gasteiger partial charge in [-0.2, -0.15) is 0 Å². The molecule has 3 nitrogen and oxygen atoms in total. The van der Waals surface area contributed by atoms with Crippen LogP contribution in [0.25, 0.3) is 28.0 Å². The number of hydrogen-bond donors (Lipinski definition) is 0. The van der Waals surface area contributed by atoms with Crippen LogP contribution in [0.1, 0.15) is 11.1 Å². The highest BCUT2D eigenvalue weighted by Crippen LogP contribution is 2.29. The van der Waals surface area contributed by atoms with Crippen molar-refractivity contribution in [1.82, 2.24) is 15.0 Å². The Morgan fingerprint density at radius 2 is 1.74 bits per heavy atom. The Labute approximate surface area is 111 Å². The van der Waals surface area contributed by atoms with Crippen molar-refractivity contribution < 1.29 is 0 Å². The molecule has 0 saturated carbocycles. The van der Waals surface area contributed by atoms with E-state index < -0.39 is 0 Å². The zero-order valence-electron chi connectivity index (χ0n) is 10.7. The minimum Gasteiger partial charge on any atom is -0.256 e. The van der Waals surface area contributed by atoms with E-state index in [-0.39, 0.29) is 0 Å². The van der Waals surface area contributed by atoms with Crippen LogP contribution < -0.4 is 0 Å². The van der Waals surface area contributed by atoms with E-state index in [0.717, 1.165) is 33.1 Å². The standard InChI is InChI=1S/C16H13N3/c1-3-4-6-12-11(2)14-13(7-5-8-17-14)16-15(12)18-9-10-19-16/h3-10H,1H2,2H3/b6-4-. The van der Waals surface area contributed by atoms with Gasteiger partial charge in [-0.15, -0.1) is 0 Å². The van der Waals surface area contributed by atoms with Crippen molar-refractivity contribution in [2.45, 2.75) is 6.92 Å². The van der Waals surface area contributed by atoms with Gasteiger partial charge in [0.15, 0.2) is 0 Å². The third kappa shape index (κ3) is 1.80. The Bertz CT molecular complexity index is 804. The smallest absolute Gasteiger partial charge is 0.0987 e. The van der Waals surface area contributed by atoms with E-state index in [1.54, 1.807) is 24.7 Å². The monoisotopic (exact) mass is 247 g/mol. The summed E-state index contributed by atoms with van der Waals surface area (Å²) in [5.41, 5.74) is 4.92. The van der Waals surface area contributed by atoms with E-state index in [1.165, 1.54) is 0 Å². The van der Waals surface area contributed by atoms with Crippen molar-refractivity contribution in [2.24, 2.45) is 0 Å². The minimum absolute atomic E-state index is 0.889. The van der Waals surface area contributed by atoms with Crippen LogP contribution in [-0.2, 0) is 0 Å². The van der Waals surface area contributed by atoms with Gasteiger partial charge in [0.2, 0.25) is 0 Å². The van der Waals surface area contributed by atoms with Crippen LogP contribution >= 0.6 is 0 Å². The molecule has 0 aliphatic heterocycles. The number of benzene rings is 1. The fourth-order valence-corrected chi connectivity index (χ4v) is 2.30. The molecular weight excluding hydrogens is 234 g/mol. The molecule has 0 radical (unpaired) electrons. The summed E-state index contributed by atoms with van der Waals surface area (Å²) in [6.45, 7) is 5.77. The second-order valence-electron chi connectivity index (χ2n) is 4.29. The Morgan fingerprint density at radius 3 is 2.53 bits per heavy atom. The van der Waals surface area contributed by atoms with Crippen molar-refractivity contribution >= 4 is 28.0 Å². The number of rotatable bonds is 2. The minimum atomic E-state index is 0.889. The highest BCUT2D eigenvalue weighted by Gasteiger charge is 2.11. The number of aromatic nitrogens is 3. The molecular formula is C16H13N3. The SMILES string of the molecule is C=C/C=C\c1c(C)c2ncccc2c2nccnc12. The quantitative estimate of drug-likeness (QED) is 0.512. The van der Waals surface area contributed by atoms with Crippen LogP contribution in [-0.4, -0.2) is 15.0 Å². The van der Waals surface area contributed by atoms with Crippen LogP contribution in [0.2, 0.25) is 0 Å². The fraction of sp³-hybridized carbons (Fsp3) is 0.0625. The van der Waals surface area contributed by atoms with Gasteiger partial charge in [0.1, 0.15) is 0 Å². The summed E-state index contributed by atoms with van der Waals surface area (Å²) in [5.74, 6) is 0. The largest absolute Gasteiger partial charge is 0.256 e. The summed E-state index contributed by atoms with van der Waals surface area (Å²) in [6.07, 6.45) is 10.9. The lowest BCUT2D eigenvalue weighted by molar-refractivity contribution is 1.28. The molecule has 2 aromatic heterocycles. The summed E-state index contributed by atoms with van der Waals surface area (Å²) < 4.78 is 0. The van der Waals surface area contributed by atoms with Crippen molar-refractivity contribution in [2.75, 3.05) is 0 Å². The van der Waals surface area contributed by atoms with Crippen molar-refractivity contribution in [3.63, 3.8) is 0 Å². The maximum Gasteiger partial charge on any atom is 0.0987 e. The molecule has 0 amide bonds. The fourth-order valence-electron chi connectivity index (χ4n) is 2.30. The number of pyridine rings is 1. The van der Waals surface area contributed by atoms with Gasteiger partial charge in [0, 0.05) is 29.5 Å². The van der Waals surface area contributed by atoms with Crippen LogP contribution in [0.3, 0.4) is 0 Å². The highest BCUT2D eigenvalue weighted by atomic mass is 14.8. The van der Waals surface area contributed by atoms with E-state index in [2.05, 4.69) is 28.5 Å². The number of fused-ring (bicyclic) bond motifs is 3. The molecule has 0 aliphatic carbocycles. The van der Waals surface area contributed by atoms with Gasteiger partial charge in [0.05, 0.1) is 16.6 Å². The second-order valence-corrected chi connectivity index (χ2v) is 4.29. The summed E-state index contributed by atoms with van der Waals surface area (Å²) in [5, 5.41) is 1.04. The Balaban J connectivity index is 2.54. The predicted octanol–water partition coefficient (Wildman–Crippen LogP) is 3.69. The molecule has 19 heavy (non-hydrogen) atoms. The second kappa shape index (κ2) is 4.61. The van der Waals surface area contributed by atoms with Gasteiger partial charge in [-0.3, -0.25) is 15.0 Å². The average molecular weight is 247 g/mol. The Morgan fingerprint density at radius 1 is 1.00 bits per heavy atom. The third-order valence-corrected chi connectivity index (χ3v) is 3.17. The van der Waals surface area contributed by atoms with E-state index in [0.29, 0.717) is 0 Å². The highest BCUT2D eigenvalue weighted by molar-refractivity contribution is 6.07. The normalized spacial score (nSPS) is 11.4. The van der Waals surface area contributed by atoms with Gasteiger partial charge in [-0.25, -0.2) is 0 Å². The van der Waals surface area contributed by atoms with Gasteiger partial charge in [-0.1, -0.05) is 24.8 Å². The molecule has 0 N–H and O–H groups in total. The van der Waals surface area contributed by atoms with Crippen LogP contribution in [0.15, 0.2) is 49.5 Å². The topological polar surface area (TPSA) is 38.7 Å². The first kappa shape index (κ1) is 11.5. The van der Waals surface area contributed by atoms with Crippen LogP contribution in [0.5, 0.6) is 0 Å². The molecule has 0 unspecified atom stereocenters. The molecule has 0 spiro atoms. The molecule has 0 bridgehead atoms. The molecule has 3 rings (SSSR count). The maximum atomic E-state index is 4.47. The Hall–Kier alpha value is -2.55. The number of aryl methyl sites for hydroxylation is 1. The van der Waals surface area contributed by atoms with Crippen molar-refractivity contribution in [3.8, 4) is 0 Å². The lowest BCUT2D eigenvalue weighted by Gasteiger charge is -2.09. The van der Waals surface area contributed by atoms with Gasteiger partial charge in [-0.05, 0) is 24.6 Å². The van der Waals surface area contributed by atoms with Crippen molar-refractivity contribution in [3.05, 3.63) is 60.6 Å². The number of hydrogen-bond acceptors (Lipinski definition) is 3. The molecule has 1 aromatic carbocycles. The van der Waals surface area contributed by atoms with Gasteiger partial charge >= 0.3 is 0 Å². The van der Waals surface area contributed by atoms with Gasteiger partial charge < -0.3 is 0 Å². The first-order chi connectivity index (χ1) is 9.33.